The zero-order chi connectivity index (χ0) is 21.7. The van der Waals surface area contributed by atoms with Gasteiger partial charge in [-0.05, 0) is 56.5 Å². The van der Waals surface area contributed by atoms with Gasteiger partial charge in [0.05, 0.1) is 19.6 Å². The van der Waals surface area contributed by atoms with Crippen LogP contribution in [-0.4, -0.2) is 60.3 Å². The fraction of sp³-hybridized carbons (Fsp3) is 0.545. The van der Waals surface area contributed by atoms with Crippen molar-refractivity contribution in [3.63, 3.8) is 0 Å². The number of phenols is 1. The molecule has 0 radical (unpaired) electrons. The zero-order valence-corrected chi connectivity index (χ0v) is 17.5. The molecule has 8 heteroatoms. The smallest absolute Gasteiger partial charge is 0.372 e. The molecule has 0 unspecified atom stereocenters. The molecule has 162 valence electrons. The van der Waals surface area contributed by atoms with Crippen molar-refractivity contribution in [2.75, 3.05) is 32.6 Å². The number of amides is 1. The van der Waals surface area contributed by atoms with Gasteiger partial charge in [-0.1, -0.05) is 6.92 Å². The number of carbonyl (C=O) groups is 2. The summed E-state index contributed by atoms with van der Waals surface area (Å²) >= 11 is 0. The van der Waals surface area contributed by atoms with Gasteiger partial charge in [-0.15, -0.1) is 0 Å². The van der Waals surface area contributed by atoms with Crippen LogP contribution in [0.1, 0.15) is 38.2 Å². The Labute approximate surface area is 175 Å². The van der Waals surface area contributed by atoms with Crippen LogP contribution in [0.25, 0.3) is 0 Å². The Kier molecular flexibility index (Phi) is 4.92. The third-order valence-corrected chi connectivity index (χ3v) is 7.19. The van der Waals surface area contributed by atoms with Crippen LogP contribution in [0.4, 0.5) is 5.69 Å². The minimum atomic E-state index is -0.886. The number of aliphatic hydroxyl groups excluding tert-OH is 1. The highest BCUT2D eigenvalue weighted by Crippen LogP contribution is 2.58. The van der Waals surface area contributed by atoms with Gasteiger partial charge in [0.1, 0.15) is 0 Å². The van der Waals surface area contributed by atoms with Gasteiger partial charge in [-0.2, -0.15) is 0 Å². The lowest BCUT2D eigenvalue weighted by Gasteiger charge is -2.50. The Bertz CT molecular complexity index is 928. The number of hydrogen-bond acceptors (Lipinski definition) is 7. The number of rotatable bonds is 4. The molecule has 0 aromatic heterocycles. The van der Waals surface area contributed by atoms with Gasteiger partial charge in [-0.3, -0.25) is 9.69 Å². The van der Waals surface area contributed by atoms with E-state index in [0.29, 0.717) is 24.3 Å². The molecule has 2 fully saturated rings. The van der Waals surface area contributed by atoms with Crippen LogP contribution in [0.15, 0.2) is 24.0 Å². The number of nitrogens with zero attached hydrogens (tertiary/aromatic N) is 1. The van der Waals surface area contributed by atoms with Gasteiger partial charge < -0.3 is 25.0 Å². The first kappa shape index (κ1) is 20.5. The van der Waals surface area contributed by atoms with Crippen molar-refractivity contribution < 1.29 is 29.3 Å². The summed E-state index contributed by atoms with van der Waals surface area (Å²) in [6.07, 6.45) is 4.46. The van der Waals surface area contributed by atoms with Gasteiger partial charge in [0, 0.05) is 23.2 Å². The molecule has 2 saturated heterocycles. The van der Waals surface area contributed by atoms with Crippen molar-refractivity contribution in [3.8, 4) is 11.5 Å². The number of aromatic hydroxyl groups is 1. The summed E-state index contributed by atoms with van der Waals surface area (Å²) in [6, 6.07) is 3.01. The monoisotopic (exact) mass is 416 g/mol. The van der Waals surface area contributed by atoms with Gasteiger partial charge >= 0.3 is 5.97 Å². The molecule has 3 atom stereocenters. The highest BCUT2D eigenvalue weighted by atomic mass is 16.5. The van der Waals surface area contributed by atoms with Crippen molar-refractivity contribution in [2.24, 2.45) is 5.41 Å². The second-order valence-electron chi connectivity index (χ2n) is 8.40. The summed E-state index contributed by atoms with van der Waals surface area (Å²) in [7, 11) is 2.70. The standard InChI is InChI=1S/C22H28N2O6/c1-4-21(12-16(26)18(27)30-3)6-5-8-24-9-7-22(19(21)24)13-10-15(25)17(29-2)11-14(13)23-20(22)28/h10-12,19,25-26H,4-9H2,1-3H3,(H,23,28)/b16-12-/t19-,21-,22+/m0/s1. The molecule has 1 amide bonds. The topological polar surface area (TPSA) is 108 Å². The van der Waals surface area contributed by atoms with Crippen LogP contribution in [0.5, 0.6) is 11.5 Å². The summed E-state index contributed by atoms with van der Waals surface area (Å²) in [5.74, 6) is -1.06. The fourth-order valence-corrected chi connectivity index (χ4v) is 5.88. The molecule has 1 spiro atoms. The second-order valence-corrected chi connectivity index (χ2v) is 8.40. The maximum atomic E-state index is 13.5. The Morgan fingerprint density at radius 2 is 2.10 bits per heavy atom. The lowest BCUT2D eigenvalue weighted by molar-refractivity contribution is -0.139. The minimum Gasteiger partial charge on any atom is -0.504 e. The summed E-state index contributed by atoms with van der Waals surface area (Å²) in [4.78, 5) is 27.7. The van der Waals surface area contributed by atoms with Gasteiger partial charge in [0.2, 0.25) is 5.91 Å². The van der Waals surface area contributed by atoms with Crippen molar-refractivity contribution in [1.82, 2.24) is 4.90 Å². The van der Waals surface area contributed by atoms with Crippen molar-refractivity contribution in [1.29, 1.82) is 0 Å². The molecular formula is C22H28N2O6. The van der Waals surface area contributed by atoms with Crippen LogP contribution in [0.3, 0.4) is 0 Å². The number of nitrogens with one attached hydrogen (secondary N) is 1. The molecule has 1 aromatic carbocycles. The molecule has 8 nitrogen and oxygen atoms in total. The highest BCUT2D eigenvalue weighted by Gasteiger charge is 2.64. The van der Waals surface area contributed by atoms with Crippen LogP contribution in [-0.2, 0) is 19.7 Å². The van der Waals surface area contributed by atoms with Gasteiger partial charge in [0.25, 0.3) is 0 Å². The average Bonchev–Trinajstić information content (AvgIpc) is 3.27. The van der Waals surface area contributed by atoms with E-state index in [1.165, 1.54) is 14.2 Å². The predicted octanol–water partition coefficient (Wildman–Crippen LogP) is 2.47. The quantitative estimate of drug-likeness (QED) is 0.299. The summed E-state index contributed by atoms with van der Waals surface area (Å²) in [5, 5.41) is 23.8. The van der Waals surface area contributed by atoms with E-state index in [-0.39, 0.29) is 17.7 Å². The maximum Gasteiger partial charge on any atom is 0.372 e. The van der Waals surface area contributed by atoms with Crippen LogP contribution >= 0.6 is 0 Å². The van der Waals surface area contributed by atoms with Crippen molar-refractivity contribution >= 4 is 17.6 Å². The molecule has 1 aromatic rings. The van der Waals surface area contributed by atoms with E-state index in [1.807, 2.05) is 6.92 Å². The Balaban J connectivity index is 1.90. The average molecular weight is 416 g/mol. The molecule has 0 aliphatic carbocycles. The Morgan fingerprint density at radius 3 is 2.77 bits per heavy atom. The Hall–Kier alpha value is -2.74. The number of aliphatic hydroxyl groups is 1. The SMILES string of the molecule is CC[C@@]1(/C=C(\O)C(=O)OC)CCCN2CC[C@]3(C(=O)Nc4cc(OC)c(O)cc43)[C@@H]21. The van der Waals surface area contributed by atoms with Crippen LogP contribution < -0.4 is 10.1 Å². The molecule has 3 aliphatic heterocycles. The number of carbonyl (C=O) groups excluding carboxylic acids is 2. The van der Waals surface area contributed by atoms with Crippen molar-refractivity contribution in [2.45, 2.75) is 44.1 Å². The third kappa shape index (κ3) is 2.70. The number of anilines is 1. The van der Waals surface area contributed by atoms with Crippen molar-refractivity contribution in [3.05, 3.63) is 29.5 Å². The largest absolute Gasteiger partial charge is 0.504 e. The van der Waals surface area contributed by atoms with Crippen LogP contribution in [0, 0.1) is 5.41 Å². The number of fused-ring (bicyclic) bond motifs is 4. The number of piperidine rings is 1. The molecule has 4 rings (SSSR count). The molecule has 3 aliphatic rings. The molecule has 3 N–H and O–H groups in total. The first-order valence-electron chi connectivity index (χ1n) is 10.3. The number of phenolic OH excluding ortho intramolecular Hbond substituents is 1. The van der Waals surface area contributed by atoms with E-state index in [4.69, 9.17) is 9.47 Å². The number of ether oxygens (including phenoxy) is 2. The number of methoxy groups -OCH3 is 2. The lowest BCUT2D eigenvalue weighted by Crippen LogP contribution is -2.58. The van der Waals surface area contributed by atoms with E-state index >= 15 is 0 Å². The van der Waals surface area contributed by atoms with Gasteiger partial charge in [0.15, 0.2) is 17.3 Å². The summed E-state index contributed by atoms with van der Waals surface area (Å²) in [5.41, 5.74) is -0.110. The summed E-state index contributed by atoms with van der Waals surface area (Å²) < 4.78 is 9.90. The number of hydrogen-bond donors (Lipinski definition) is 3. The summed E-state index contributed by atoms with van der Waals surface area (Å²) in [6.45, 7) is 3.57. The molecular weight excluding hydrogens is 388 g/mol. The van der Waals surface area contributed by atoms with E-state index < -0.39 is 22.6 Å². The third-order valence-electron chi connectivity index (χ3n) is 7.19. The van der Waals surface area contributed by atoms with E-state index in [0.717, 1.165) is 31.5 Å². The lowest BCUT2D eigenvalue weighted by atomic mass is 9.60. The highest BCUT2D eigenvalue weighted by molar-refractivity contribution is 6.08. The maximum absolute atomic E-state index is 13.5. The van der Waals surface area contributed by atoms with Gasteiger partial charge in [-0.25, -0.2) is 4.79 Å². The molecule has 3 heterocycles. The normalized spacial score (nSPS) is 30.7. The molecule has 0 bridgehead atoms. The first-order chi connectivity index (χ1) is 14.3. The van der Waals surface area contributed by atoms with Crippen LogP contribution in [0.2, 0.25) is 0 Å². The number of benzene rings is 1. The number of esters is 1. The Morgan fingerprint density at radius 1 is 1.33 bits per heavy atom. The molecule has 30 heavy (non-hydrogen) atoms. The first-order valence-corrected chi connectivity index (χ1v) is 10.3. The predicted molar refractivity (Wildman–Crippen MR) is 110 cm³/mol. The second kappa shape index (κ2) is 7.19. The molecule has 0 saturated carbocycles. The fourth-order valence-electron chi connectivity index (χ4n) is 5.88. The van der Waals surface area contributed by atoms with E-state index in [2.05, 4.69) is 10.2 Å². The van der Waals surface area contributed by atoms with E-state index in [1.54, 1.807) is 18.2 Å². The minimum absolute atomic E-state index is 0.0172. The zero-order valence-electron chi connectivity index (χ0n) is 17.5. The van der Waals surface area contributed by atoms with E-state index in [9.17, 15) is 19.8 Å².